The van der Waals surface area contributed by atoms with Gasteiger partial charge in [-0.15, -0.1) is 0 Å². The van der Waals surface area contributed by atoms with Crippen LogP contribution in [0, 0.1) is 5.82 Å². The van der Waals surface area contributed by atoms with Gasteiger partial charge in [0.25, 0.3) is 5.56 Å². The van der Waals surface area contributed by atoms with Crippen LogP contribution in [0.3, 0.4) is 0 Å². The Hall–Kier alpha value is -2.21. The molecular weight excluding hydrogens is 273 g/mol. The predicted octanol–water partition coefficient (Wildman–Crippen LogP) is 1.18. The lowest BCUT2D eigenvalue weighted by molar-refractivity contribution is 0.1000. The summed E-state index contributed by atoms with van der Waals surface area (Å²) in [5.74, 6) is -1.20. The smallest absolute Gasteiger partial charge is 0.255 e. The summed E-state index contributed by atoms with van der Waals surface area (Å²) in [5.41, 5.74) is 5.04. The number of hydrogen-bond acceptors (Lipinski definition) is 3. The molecule has 2 rings (SSSR count). The van der Waals surface area contributed by atoms with E-state index in [-0.39, 0.29) is 22.8 Å². The summed E-state index contributed by atoms with van der Waals surface area (Å²) in [6, 6.07) is 4.84. The van der Waals surface area contributed by atoms with Crippen molar-refractivity contribution in [1.82, 2.24) is 9.55 Å². The summed E-state index contributed by atoms with van der Waals surface area (Å²) < 4.78 is 14.8. The number of rotatable bonds is 3. The molecule has 0 fully saturated rings. The third-order valence-electron chi connectivity index (χ3n) is 2.52. The number of amides is 1. The third kappa shape index (κ3) is 2.97. The van der Waals surface area contributed by atoms with Crippen molar-refractivity contribution in [3.8, 4) is 0 Å². The van der Waals surface area contributed by atoms with E-state index in [1.54, 1.807) is 0 Å². The van der Waals surface area contributed by atoms with Crippen LogP contribution in [0.1, 0.15) is 15.9 Å². The highest BCUT2D eigenvalue weighted by molar-refractivity contribution is 6.29. The number of nitrogens with zero attached hydrogens (tertiary/aromatic N) is 2. The molecule has 5 nitrogen and oxygen atoms in total. The van der Waals surface area contributed by atoms with E-state index in [1.807, 2.05) is 0 Å². The number of halogens is 2. The molecule has 0 saturated heterocycles. The van der Waals surface area contributed by atoms with Gasteiger partial charge in [0.1, 0.15) is 11.0 Å². The average Bonchev–Trinajstić information content (AvgIpc) is 2.34. The molecule has 98 valence electrons. The van der Waals surface area contributed by atoms with Gasteiger partial charge in [-0.25, -0.2) is 9.37 Å². The number of nitrogens with two attached hydrogens (primary N) is 1. The number of benzene rings is 1. The van der Waals surface area contributed by atoms with Crippen molar-refractivity contribution in [1.29, 1.82) is 0 Å². The first-order chi connectivity index (χ1) is 8.97. The lowest BCUT2D eigenvalue weighted by Crippen LogP contribution is -2.21. The zero-order chi connectivity index (χ0) is 14.0. The Morgan fingerprint density at radius 2 is 2.16 bits per heavy atom. The summed E-state index contributed by atoms with van der Waals surface area (Å²) in [6.45, 7) is -0.0596. The zero-order valence-electron chi connectivity index (χ0n) is 9.64. The number of hydrogen-bond donors (Lipinski definition) is 1. The summed E-state index contributed by atoms with van der Waals surface area (Å²) in [4.78, 5) is 26.4. The second-order valence-electron chi connectivity index (χ2n) is 3.85. The van der Waals surface area contributed by atoms with Crippen LogP contribution in [0.25, 0.3) is 0 Å². The van der Waals surface area contributed by atoms with Gasteiger partial charge in [-0.2, -0.15) is 0 Å². The molecular formula is C12H9ClFN3O2. The highest BCUT2D eigenvalue weighted by Crippen LogP contribution is 2.11. The van der Waals surface area contributed by atoms with Gasteiger partial charge >= 0.3 is 0 Å². The number of carbonyl (C=O) groups excluding carboxylic acids is 1. The maximum absolute atomic E-state index is 13.6. The van der Waals surface area contributed by atoms with Crippen molar-refractivity contribution in [2.75, 3.05) is 0 Å². The van der Waals surface area contributed by atoms with Crippen molar-refractivity contribution in [3.63, 3.8) is 0 Å². The average molecular weight is 282 g/mol. The van der Waals surface area contributed by atoms with Crippen molar-refractivity contribution in [2.24, 2.45) is 5.73 Å². The van der Waals surface area contributed by atoms with Gasteiger partial charge in [0.2, 0.25) is 5.91 Å². The minimum atomic E-state index is -0.664. The molecule has 19 heavy (non-hydrogen) atoms. The molecule has 0 unspecified atom stereocenters. The summed E-state index contributed by atoms with van der Waals surface area (Å²) in [5, 5.41) is 0.0626. The molecule has 2 N–H and O–H groups in total. The molecule has 0 aliphatic rings. The molecule has 2 aromatic rings. The van der Waals surface area contributed by atoms with Gasteiger partial charge in [-0.05, 0) is 18.2 Å². The molecule has 7 heteroatoms. The second-order valence-corrected chi connectivity index (χ2v) is 4.24. The van der Waals surface area contributed by atoms with Crippen LogP contribution in [-0.2, 0) is 6.54 Å². The van der Waals surface area contributed by atoms with E-state index < -0.39 is 17.3 Å². The third-order valence-corrected chi connectivity index (χ3v) is 2.72. The van der Waals surface area contributed by atoms with E-state index in [9.17, 15) is 14.0 Å². The maximum atomic E-state index is 13.6. The van der Waals surface area contributed by atoms with E-state index in [0.29, 0.717) is 0 Å². The van der Waals surface area contributed by atoms with Crippen LogP contribution in [0.4, 0.5) is 4.39 Å². The second kappa shape index (κ2) is 5.19. The maximum Gasteiger partial charge on any atom is 0.255 e. The first-order valence-electron chi connectivity index (χ1n) is 5.27. The fourth-order valence-corrected chi connectivity index (χ4v) is 1.69. The molecule has 1 aromatic heterocycles. The molecule has 0 saturated carbocycles. The zero-order valence-corrected chi connectivity index (χ0v) is 10.4. The molecule has 0 radical (unpaired) electrons. The van der Waals surface area contributed by atoms with Crippen LogP contribution >= 0.6 is 11.6 Å². The molecule has 0 atom stereocenters. The first-order valence-corrected chi connectivity index (χ1v) is 5.65. The van der Waals surface area contributed by atoms with Gasteiger partial charge in [0.05, 0.1) is 12.9 Å². The quantitative estimate of drug-likeness (QED) is 0.858. The summed E-state index contributed by atoms with van der Waals surface area (Å²) in [6.07, 6.45) is 1.21. The van der Waals surface area contributed by atoms with E-state index in [2.05, 4.69) is 4.98 Å². The van der Waals surface area contributed by atoms with Gasteiger partial charge in [-0.1, -0.05) is 11.6 Å². The molecule has 0 spiro atoms. The standard InChI is InChI=1S/C12H9ClFN3O2/c13-10-4-11(18)17(6-16-10)5-8-3-7(12(15)19)1-2-9(8)14/h1-4,6H,5H2,(H2,15,19). The number of carbonyl (C=O) groups is 1. The Balaban J connectivity index is 2.40. The minimum Gasteiger partial charge on any atom is -0.366 e. The fraction of sp³-hybridized carbons (Fsp3) is 0.0833. The number of primary amides is 1. The Kier molecular flexibility index (Phi) is 3.62. The van der Waals surface area contributed by atoms with Crippen LogP contribution in [0.2, 0.25) is 5.15 Å². The Morgan fingerprint density at radius 3 is 2.79 bits per heavy atom. The van der Waals surface area contributed by atoms with Gasteiger partial charge in [-0.3, -0.25) is 14.2 Å². The lowest BCUT2D eigenvalue weighted by Gasteiger charge is -2.07. The van der Waals surface area contributed by atoms with Crippen LogP contribution in [0.5, 0.6) is 0 Å². The van der Waals surface area contributed by atoms with E-state index >= 15 is 0 Å². The Bertz CT molecular complexity index is 700. The normalized spacial score (nSPS) is 10.4. The van der Waals surface area contributed by atoms with Gasteiger partial charge < -0.3 is 5.73 Å². The van der Waals surface area contributed by atoms with Crippen molar-refractivity contribution in [2.45, 2.75) is 6.54 Å². The highest BCUT2D eigenvalue weighted by Gasteiger charge is 2.09. The van der Waals surface area contributed by atoms with Gasteiger partial charge in [0, 0.05) is 17.2 Å². The van der Waals surface area contributed by atoms with Gasteiger partial charge in [0.15, 0.2) is 0 Å². The van der Waals surface area contributed by atoms with E-state index in [0.717, 1.165) is 12.1 Å². The fourth-order valence-electron chi connectivity index (χ4n) is 1.56. The minimum absolute atomic E-state index is 0.0596. The molecule has 0 aliphatic carbocycles. The largest absolute Gasteiger partial charge is 0.366 e. The molecule has 1 amide bonds. The van der Waals surface area contributed by atoms with Crippen LogP contribution in [0.15, 0.2) is 35.4 Å². The summed E-state index contributed by atoms with van der Waals surface area (Å²) >= 11 is 5.56. The Labute approximate surface area is 112 Å². The van der Waals surface area contributed by atoms with Crippen molar-refractivity contribution >= 4 is 17.5 Å². The lowest BCUT2D eigenvalue weighted by atomic mass is 10.1. The van der Waals surface area contributed by atoms with E-state index in [4.69, 9.17) is 17.3 Å². The molecule has 1 heterocycles. The monoisotopic (exact) mass is 281 g/mol. The predicted molar refractivity (Wildman–Crippen MR) is 67.5 cm³/mol. The Morgan fingerprint density at radius 1 is 1.42 bits per heavy atom. The SMILES string of the molecule is NC(=O)c1ccc(F)c(Cn2cnc(Cl)cc2=O)c1. The van der Waals surface area contributed by atoms with Crippen molar-refractivity contribution in [3.05, 3.63) is 63.0 Å². The first kappa shape index (κ1) is 13.2. The van der Waals surface area contributed by atoms with Crippen LogP contribution in [-0.4, -0.2) is 15.5 Å². The molecule has 0 bridgehead atoms. The number of aromatic nitrogens is 2. The van der Waals surface area contributed by atoms with Crippen molar-refractivity contribution < 1.29 is 9.18 Å². The summed E-state index contributed by atoms with van der Waals surface area (Å²) in [7, 11) is 0. The molecule has 1 aromatic carbocycles. The van der Waals surface area contributed by atoms with Crippen LogP contribution < -0.4 is 11.3 Å². The highest BCUT2D eigenvalue weighted by atomic mass is 35.5. The van der Waals surface area contributed by atoms with E-state index in [1.165, 1.54) is 23.0 Å². The topological polar surface area (TPSA) is 78.0 Å². The molecule has 0 aliphatic heterocycles.